The molecule has 0 atom stereocenters. The van der Waals surface area contributed by atoms with Gasteiger partial charge in [-0.1, -0.05) is 35.0 Å². The first-order valence-corrected chi connectivity index (χ1v) is 11.2. The van der Waals surface area contributed by atoms with Gasteiger partial charge in [0, 0.05) is 22.8 Å². The van der Waals surface area contributed by atoms with Crippen LogP contribution in [0.5, 0.6) is 0 Å². The fourth-order valence-electron chi connectivity index (χ4n) is 2.95. The highest BCUT2D eigenvalue weighted by molar-refractivity contribution is 7.98. The van der Waals surface area contributed by atoms with E-state index in [4.69, 9.17) is 4.52 Å². The average Bonchev–Trinajstić information content (AvgIpc) is 3.37. The van der Waals surface area contributed by atoms with Crippen LogP contribution in [0.1, 0.15) is 33.2 Å². The minimum atomic E-state index is -0.191. The largest absolute Gasteiger partial charge is 0.340 e. The average molecular weight is 437 g/mol. The van der Waals surface area contributed by atoms with E-state index in [9.17, 15) is 4.79 Å². The van der Waals surface area contributed by atoms with E-state index in [-0.39, 0.29) is 5.91 Å². The van der Waals surface area contributed by atoms with E-state index in [0.29, 0.717) is 28.2 Å². The summed E-state index contributed by atoms with van der Waals surface area (Å²) in [6, 6.07) is 13.7. The Morgan fingerprint density at radius 1 is 1.13 bits per heavy atom. The predicted octanol–water partition coefficient (Wildman–Crippen LogP) is 5.66. The maximum absolute atomic E-state index is 12.9. The smallest absolute Gasteiger partial charge is 0.258 e. The Hall–Kier alpha value is -2.97. The molecule has 0 aliphatic heterocycles. The van der Waals surface area contributed by atoms with E-state index in [2.05, 4.69) is 52.5 Å². The predicted molar refractivity (Wildman–Crippen MR) is 120 cm³/mol. The monoisotopic (exact) mass is 436 g/mol. The lowest BCUT2D eigenvalue weighted by atomic mass is 10.0. The van der Waals surface area contributed by atoms with Gasteiger partial charge in [0.25, 0.3) is 5.91 Å². The van der Waals surface area contributed by atoms with Crippen LogP contribution >= 0.6 is 23.1 Å². The zero-order valence-electron chi connectivity index (χ0n) is 16.8. The number of carbonyl (C=O) groups excluding carboxylic acids is 1. The SMILES string of the molecule is Cc1ccc(C)c(-c2csc(NC(=O)c3ccccc3SCc3noc(C)n3)n2)c1. The number of aromatic nitrogens is 3. The van der Waals surface area contributed by atoms with Crippen LogP contribution in [0.25, 0.3) is 11.3 Å². The molecule has 1 amide bonds. The van der Waals surface area contributed by atoms with Gasteiger partial charge in [-0.25, -0.2) is 4.98 Å². The molecule has 2 aromatic heterocycles. The molecule has 0 aliphatic rings. The molecule has 6 nitrogen and oxygen atoms in total. The summed E-state index contributed by atoms with van der Waals surface area (Å²) in [5.74, 6) is 1.46. The standard InChI is InChI=1S/C22H20N4O2S2/c1-13-8-9-14(2)17(10-13)18-11-30-22(24-18)25-21(27)16-6-4-5-7-19(16)29-12-20-23-15(3)28-26-20/h4-11H,12H2,1-3H3,(H,24,25,27). The van der Waals surface area contributed by atoms with Crippen LogP contribution in [0, 0.1) is 20.8 Å². The molecule has 0 unspecified atom stereocenters. The Kier molecular flexibility index (Phi) is 5.96. The second-order valence-electron chi connectivity index (χ2n) is 6.82. The number of hydrogen-bond acceptors (Lipinski definition) is 7. The van der Waals surface area contributed by atoms with Crippen molar-refractivity contribution in [2.75, 3.05) is 5.32 Å². The van der Waals surface area contributed by atoms with E-state index < -0.39 is 0 Å². The molecule has 4 rings (SSSR count). The third-order valence-electron chi connectivity index (χ3n) is 4.45. The zero-order chi connectivity index (χ0) is 21.1. The van der Waals surface area contributed by atoms with Crippen LogP contribution < -0.4 is 5.32 Å². The molecule has 8 heteroatoms. The summed E-state index contributed by atoms with van der Waals surface area (Å²) < 4.78 is 5.00. The van der Waals surface area contributed by atoms with Crippen molar-refractivity contribution < 1.29 is 9.32 Å². The fourth-order valence-corrected chi connectivity index (χ4v) is 4.55. The summed E-state index contributed by atoms with van der Waals surface area (Å²) in [5, 5.41) is 9.38. The van der Waals surface area contributed by atoms with E-state index in [1.165, 1.54) is 28.7 Å². The van der Waals surface area contributed by atoms with Gasteiger partial charge in [0.1, 0.15) is 0 Å². The molecule has 0 saturated carbocycles. The van der Waals surface area contributed by atoms with Crippen molar-refractivity contribution in [2.24, 2.45) is 0 Å². The van der Waals surface area contributed by atoms with Crippen LogP contribution in [0.15, 0.2) is 57.3 Å². The first-order valence-electron chi connectivity index (χ1n) is 9.35. The lowest BCUT2D eigenvalue weighted by Gasteiger charge is -2.08. The molecule has 30 heavy (non-hydrogen) atoms. The molecule has 2 heterocycles. The van der Waals surface area contributed by atoms with Gasteiger partial charge in [-0.05, 0) is 37.6 Å². The molecule has 2 aromatic carbocycles. The number of thioether (sulfide) groups is 1. The number of amides is 1. The van der Waals surface area contributed by atoms with Crippen molar-refractivity contribution in [1.82, 2.24) is 15.1 Å². The second kappa shape index (κ2) is 8.81. The number of aryl methyl sites for hydroxylation is 3. The number of rotatable bonds is 6. The lowest BCUT2D eigenvalue weighted by Crippen LogP contribution is -2.12. The molecule has 152 valence electrons. The fraction of sp³-hybridized carbons (Fsp3) is 0.182. The summed E-state index contributed by atoms with van der Waals surface area (Å²) >= 11 is 2.91. The Balaban J connectivity index is 1.49. The summed E-state index contributed by atoms with van der Waals surface area (Å²) in [6.45, 7) is 5.87. The van der Waals surface area contributed by atoms with Crippen LogP contribution in [-0.2, 0) is 5.75 Å². The molecule has 4 aromatic rings. The normalized spacial score (nSPS) is 10.9. The summed E-state index contributed by atoms with van der Waals surface area (Å²) in [6.07, 6.45) is 0. The van der Waals surface area contributed by atoms with Crippen LogP contribution in [-0.4, -0.2) is 21.0 Å². The molecule has 0 fully saturated rings. The van der Waals surface area contributed by atoms with Gasteiger partial charge in [0.05, 0.1) is 17.0 Å². The quantitative estimate of drug-likeness (QED) is 0.393. The van der Waals surface area contributed by atoms with Crippen LogP contribution in [0.4, 0.5) is 5.13 Å². The topological polar surface area (TPSA) is 80.9 Å². The molecule has 1 N–H and O–H groups in total. The van der Waals surface area contributed by atoms with E-state index >= 15 is 0 Å². The van der Waals surface area contributed by atoms with Crippen molar-refractivity contribution in [2.45, 2.75) is 31.4 Å². The van der Waals surface area contributed by atoms with Gasteiger partial charge in [0.15, 0.2) is 11.0 Å². The summed E-state index contributed by atoms with van der Waals surface area (Å²) in [5.41, 5.74) is 4.87. The maximum Gasteiger partial charge on any atom is 0.258 e. The van der Waals surface area contributed by atoms with Crippen molar-refractivity contribution in [3.8, 4) is 11.3 Å². The van der Waals surface area contributed by atoms with Crippen molar-refractivity contribution in [1.29, 1.82) is 0 Å². The Morgan fingerprint density at radius 3 is 2.77 bits per heavy atom. The van der Waals surface area contributed by atoms with Gasteiger partial charge in [-0.2, -0.15) is 4.98 Å². The van der Waals surface area contributed by atoms with Gasteiger partial charge < -0.3 is 4.52 Å². The number of hydrogen-bond donors (Lipinski definition) is 1. The first kappa shape index (κ1) is 20.3. The minimum Gasteiger partial charge on any atom is -0.340 e. The molecule has 0 radical (unpaired) electrons. The van der Waals surface area contributed by atoms with Crippen molar-refractivity contribution in [3.63, 3.8) is 0 Å². The van der Waals surface area contributed by atoms with Gasteiger partial charge in [-0.3, -0.25) is 10.1 Å². The van der Waals surface area contributed by atoms with Gasteiger partial charge in [-0.15, -0.1) is 23.1 Å². The number of nitrogens with one attached hydrogen (secondary N) is 1. The van der Waals surface area contributed by atoms with Gasteiger partial charge in [0.2, 0.25) is 5.89 Å². The zero-order valence-corrected chi connectivity index (χ0v) is 18.4. The van der Waals surface area contributed by atoms with Crippen LogP contribution in [0.2, 0.25) is 0 Å². The summed E-state index contributed by atoms with van der Waals surface area (Å²) in [4.78, 5) is 22.6. The third kappa shape index (κ3) is 4.60. The number of thiazole rings is 1. The first-order chi connectivity index (χ1) is 14.5. The molecule has 0 bridgehead atoms. The molecular formula is C22H20N4O2S2. The second-order valence-corrected chi connectivity index (χ2v) is 8.70. The number of carbonyl (C=O) groups is 1. The Labute approximate surface area is 182 Å². The highest BCUT2D eigenvalue weighted by Crippen LogP contribution is 2.30. The van der Waals surface area contributed by atoms with Crippen LogP contribution in [0.3, 0.4) is 0 Å². The number of nitrogens with zero attached hydrogens (tertiary/aromatic N) is 3. The number of benzene rings is 2. The Bertz CT molecular complexity index is 1200. The highest BCUT2D eigenvalue weighted by atomic mass is 32.2. The summed E-state index contributed by atoms with van der Waals surface area (Å²) in [7, 11) is 0. The maximum atomic E-state index is 12.9. The van der Waals surface area contributed by atoms with E-state index in [0.717, 1.165) is 21.7 Å². The third-order valence-corrected chi connectivity index (χ3v) is 6.28. The Morgan fingerprint density at radius 2 is 1.97 bits per heavy atom. The minimum absolute atomic E-state index is 0.191. The molecule has 0 spiro atoms. The van der Waals surface area contributed by atoms with E-state index in [1.54, 1.807) is 13.0 Å². The molecule has 0 aliphatic carbocycles. The molecular weight excluding hydrogens is 416 g/mol. The number of anilines is 1. The van der Waals surface area contributed by atoms with Crippen molar-refractivity contribution in [3.05, 3.63) is 76.3 Å². The van der Waals surface area contributed by atoms with Crippen molar-refractivity contribution >= 4 is 34.1 Å². The highest BCUT2D eigenvalue weighted by Gasteiger charge is 2.15. The molecule has 0 saturated heterocycles. The van der Waals surface area contributed by atoms with E-state index in [1.807, 2.05) is 23.6 Å². The lowest BCUT2D eigenvalue weighted by molar-refractivity contribution is 0.102. The van der Waals surface area contributed by atoms with Gasteiger partial charge >= 0.3 is 0 Å².